The predicted octanol–water partition coefficient (Wildman–Crippen LogP) is 3.11. The lowest BCUT2D eigenvalue weighted by atomic mass is 10.1. The summed E-state index contributed by atoms with van der Waals surface area (Å²) in [6.07, 6.45) is 3.40. The highest BCUT2D eigenvalue weighted by molar-refractivity contribution is 5.97. The largest absolute Gasteiger partial charge is 0.376 e. The maximum Gasteiger partial charge on any atom is 0.267 e. The van der Waals surface area contributed by atoms with Gasteiger partial charge in [-0.2, -0.15) is 0 Å². The molecule has 1 fully saturated rings. The number of amides is 1. The average molecular weight is 458 g/mol. The minimum Gasteiger partial charge on any atom is -0.376 e. The molecule has 1 amide bonds. The number of nitrogens with zero attached hydrogens (tertiary/aromatic N) is 3. The molecular formula is C26H27N5O3. The number of hydrogen-bond donors (Lipinski definition) is 2. The number of carbonyl (C=O) groups is 1. The van der Waals surface area contributed by atoms with Gasteiger partial charge in [0.1, 0.15) is 16.8 Å². The molecule has 2 N–H and O–H groups in total. The first-order valence-corrected chi connectivity index (χ1v) is 11.5. The van der Waals surface area contributed by atoms with Crippen LogP contribution in [-0.2, 0) is 11.3 Å². The monoisotopic (exact) mass is 457 g/mol. The van der Waals surface area contributed by atoms with E-state index >= 15 is 0 Å². The van der Waals surface area contributed by atoms with Crippen molar-refractivity contribution in [1.82, 2.24) is 19.3 Å². The number of pyridine rings is 2. The van der Waals surface area contributed by atoms with E-state index in [4.69, 9.17) is 15.1 Å². The lowest BCUT2D eigenvalue weighted by molar-refractivity contribution is 0.0923. The van der Waals surface area contributed by atoms with E-state index in [1.165, 1.54) is 10.5 Å². The van der Waals surface area contributed by atoms with Crippen molar-refractivity contribution in [3.05, 3.63) is 87.3 Å². The fourth-order valence-electron chi connectivity index (χ4n) is 4.54. The second-order valence-corrected chi connectivity index (χ2v) is 8.80. The van der Waals surface area contributed by atoms with Crippen LogP contribution in [0.25, 0.3) is 16.7 Å². The van der Waals surface area contributed by atoms with Gasteiger partial charge in [-0.3, -0.25) is 19.4 Å². The summed E-state index contributed by atoms with van der Waals surface area (Å²) < 4.78 is 8.96. The van der Waals surface area contributed by atoms with Gasteiger partial charge in [-0.1, -0.05) is 36.4 Å². The molecule has 0 aliphatic carbocycles. The van der Waals surface area contributed by atoms with E-state index in [1.807, 2.05) is 50.2 Å². The molecule has 2 atom stereocenters. The topological polar surface area (TPSA) is 101 Å². The number of nitrogens with one attached hydrogen (secondary N) is 2. The molecule has 1 saturated heterocycles. The Labute approximate surface area is 196 Å². The maximum absolute atomic E-state index is 13.4. The first-order valence-electron chi connectivity index (χ1n) is 11.5. The van der Waals surface area contributed by atoms with Crippen LogP contribution in [0.1, 0.15) is 47.3 Å². The second-order valence-electron chi connectivity index (χ2n) is 8.80. The van der Waals surface area contributed by atoms with Crippen molar-refractivity contribution in [2.24, 2.45) is 0 Å². The number of ether oxygens (including phenoxy) is 1. The predicted molar refractivity (Wildman–Crippen MR) is 129 cm³/mol. The first kappa shape index (κ1) is 22.0. The Morgan fingerprint density at radius 2 is 2.03 bits per heavy atom. The zero-order chi connectivity index (χ0) is 23.8. The van der Waals surface area contributed by atoms with Gasteiger partial charge in [0.15, 0.2) is 0 Å². The summed E-state index contributed by atoms with van der Waals surface area (Å²) in [4.78, 5) is 31.5. The fourth-order valence-corrected chi connectivity index (χ4v) is 4.54. The molecule has 3 aromatic heterocycles. The normalized spacial score (nSPS) is 16.7. The molecular weight excluding hydrogens is 430 g/mol. The Morgan fingerprint density at radius 3 is 2.76 bits per heavy atom. The Balaban J connectivity index is 1.67. The van der Waals surface area contributed by atoms with Crippen molar-refractivity contribution in [2.75, 3.05) is 6.61 Å². The summed E-state index contributed by atoms with van der Waals surface area (Å²) in [7, 11) is 0. The molecule has 174 valence electrons. The van der Waals surface area contributed by atoms with Gasteiger partial charge in [-0.15, -0.1) is 0 Å². The molecule has 0 bridgehead atoms. The molecule has 0 saturated carbocycles. The standard InChI is InChI=1S/C26H27N5O3/c1-16-8-6-12-30-23(16)29-24-21(26(30)33)14-20(22(27)31(24)15-19-11-7-13-34-19)25(32)28-17(2)18-9-4-3-5-10-18/h3-6,8-10,12,14,17,19,27H,7,11,13,15H2,1-2H3,(H,28,32)/t17-,19+/m1/s1. The molecule has 0 spiro atoms. The molecule has 4 heterocycles. The zero-order valence-electron chi connectivity index (χ0n) is 19.2. The Bertz CT molecular complexity index is 1500. The average Bonchev–Trinajstić information content (AvgIpc) is 3.35. The third kappa shape index (κ3) is 3.90. The third-order valence-corrected chi connectivity index (χ3v) is 6.44. The van der Waals surface area contributed by atoms with Gasteiger partial charge in [0.25, 0.3) is 11.5 Å². The lowest BCUT2D eigenvalue weighted by Gasteiger charge is -2.19. The van der Waals surface area contributed by atoms with Crippen molar-refractivity contribution in [2.45, 2.75) is 45.4 Å². The molecule has 34 heavy (non-hydrogen) atoms. The molecule has 5 rings (SSSR count). The van der Waals surface area contributed by atoms with Gasteiger partial charge in [-0.25, -0.2) is 4.98 Å². The summed E-state index contributed by atoms with van der Waals surface area (Å²) in [6, 6.07) is 14.6. The van der Waals surface area contributed by atoms with Crippen LogP contribution in [0.2, 0.25) is 0 Å². The second kappa shape index (κ2) is 8.87. The van der Waals surface area contributed by atoms with Crippen LogP contribution in [0.4, 0.5) is 0 Å². The van der Waals surface area contributed by atoms with E-state index in [9.17, 15) is 9.59 Å². The zero-order valence-corrected chi connectivity index (χ0v) is 19.2. The fraction of sp³-hybridized carbons (Fsp3) is 0.308. The van der Waals surface area contributed by atoms with Crippen molar-refractivity contribution >= 4 is 22.6 Å². The number of rotatable bonds is 5. The number of aryl methyl sites for hydroxylation is 1. The summed E-state index contributed by atoms with van der Waals surface area (Å²) in [5.74, 6) is -0.405. The number of carbonyl (C=O) groups excluding carboxylic acids is 1. The first-order chi connectivity index (χ1) is 16.4. The molecule has 8 heteroatoms. The van der Waals surface area contributed by atoms with Crippen LogP contribution in [0.3, 0.4) is 0 Å². The van der Waals surface area contributed by atoms with Crippen molar-refractivity contribution in [3.8, 4) is 0 Å². The minimum atomic E-state index is -0.405. The smallest absolute Gasteiger partial charge is 0.267 e. The van der Waals surface area contributed by atoms with Crippen LogP contribution >= 0.6 is 0 Å². The van der Waals surface area contributed by atoms with Crippen LogP contribution in [0.5, 0.6) is 0 Å². The van der Waals surface area contributed by atoms with Crippen molar-refractivity contribution in [1.29, 1.82) is 5.41 Å². The highest BCUT2D eigenvalue weighted by Gasteiger charge is 2.23. The molecule has 0 radical (unpaired) electrons. The molecule has 1 aliphatic rings. The van der Waals surface area contributed by atoms with E-state index in [0.29, 0.717) is 29.8 Å². The summed E-state index contributed by atoms with van der Waals surface area (Å²) in [5.41, 5.74) is 2.64. The molecule has 4 aromatic rings. The van der Waals surface area contributed by atoms with Gasteiger partial charge in [-0.05, 0) is 49.9 Å². The van der Waals surface area contributed by atoms with E-state index in [0.717, 1.165) is 24.0 Å². The van der Waals surface area contributed by atoms with Crippen LogP contribution < -0.4 is 16.4 Å². The lowest BCUT2D eigenvalue weighted by Crippen LogP contribution is -2.37. The minimum absolute atomic E-state index is 0.0191. The number of benzene rings is 1. The van der Waals surface area contributed by atoms with Gasteiger partial charge in [0.2, 0.25) is 0 Å². The molecule has 1 aromatic carbocycles. The SMILES string of the molecule is Cc1cccn2c(=O)c3cc(C(=O)N[C@H](C)c4ccccc4)c(=N)n(C[C@@H]4CCCO4)c3nc12. The number of hydrogen-bond acceptors (Lipinski definition) is 5. The van der Waals surface area contributed by atoms with Gasteiger partial charge < -0.3 is 14.6 Å². The Morgan fingerprint density at radius 1 is 1.24 bits per heavy atom. The van der Waals surface area contributed by atoms with E-state index < -0.39 is 5.91 Å². The highest BCUT2D eigenvalue weighted by Crippen LogP contribution is 2.18. The third-order valence-electron chi connectivity index (χ3n) is 6.44. The quantitative estimate of drug-likeness (QED) is 0.450. The highest BCUT2D eigenvalue weighted by atomic mass is 16.5. The molecule has 0 unspecified atom stereocenters. The number of aromatic nitrogens is 3. The number of fused-ring (bicyclic) bond motifs is 2. The van der Waals surface area contributed by atoms with Gasteiger partial charge in [0.05, 0.1) is 29.6 Å². The van der Waals surface area contributed by atoms with Crippen LogP contribution in [0, 0.1) is 12.3 Å². The maximum atomic E-state index is 13.4. The molecule has 1 aliphatic heterocycles. The van der Waals surface area contributed by atoms with Crippen molar-refractivity contribution in [3.63, 3.8) is 0 Å². The Hall–Kier alpha value is -3.78. The van der Waals surface area contributed by atoms with Crippen LogP contribution in [0.15, 0.2) is 59.5 Å². The summed E-state index contributed by atoms with van der Waals surface area (Å²) in [5, 5.41) is 12.2. The Kier molecular flexibility index (Phi) is 5.75. The van der Waals surface area contributed by atoms with Gasteiger partial charge in [0, 0.05) is 12.8 Å². The van der Waals surface area contributed by atoms with Gasteiger partial charge >= 0.3 is 0 Å². The summed E-state index contributed by atoms with van der Waals surface area (Å²) in [6.45, 7) is 4.82. The van der Waals surface area contributed by atoms with E-state index in [2.05, 4.69) is 5.32 Å². The summed E-state index contributed by atoms with van der Waals surface area (Å²) >= 11 is 0. The molecule has 8 nitrogen and oxygen atoms in total. The van der Waals surface area contributed by atoms with Crippen molar-refractivity contribution < 1.29 is 9.53 Å². The van der Waals surface area contributed by atoms with Crippen LogP contribution in [-0.4, -0.2) is 32.6 Å². The van der Waals surface area contributed by atoms with E-state index in [-0.39, 0.29) is 28.8 Å². The van der Waals surface area contributed by atoms with E-state index in [1.54, 1.807) is 16.8 Å².